The third-order valence-electron chi connectivity index (χ3n) is 6.36. The Morgan fingerprint density at radius 3 is 2.23 bits per heavy atom. The Labute approximate surface area is 203 Å². The normalized spacial score (nSPS) is 13.9. The molecule has 1 aliphatic heterocycles. The van der Waals surface area contributed by atoms with Crippen molar-refractivity contribution in [3.63, 3.8) is 0 Å². The minimum atomic E-state index is -0.133. The van der Waals surface area contributed by atoms with Crippen LogP contribution in [-0.4, -0.2) is 24.2 Å². The minimum Gasteiger partial charge on any atom is -0.497 e. The lowest BCUT2D eigenvalue weighted by Crippen LogP contribution is -2.16. The highest BCUT2D eigenvalue weighted by atomic mass is 16.5. The van der Waals surface area contributed by atoms with Gasteiger partial charge in [-0.05, 0) is 47.3 Å². The molecule has 0 amide bonds. The van der Waals surface area contributed by atoms with Gasteiger partial charge < -0.3 is 19.5 Å². The zero-order valence-electron chi connectivity index (χ0n) is 19.4. The van der Waals surface area contributed by atoms with Crippen molar-refractivity contribution in [3.05, 3.63) is 108 Å². The Kier molecular flexibility index (Phi) is 5.19. The Bertz CT molecular complexity index is 1520. The zero-order valence-corrected chi connectivity index (χ0v) is 19.4. The summed E-state index contributed by atoms with van der Waals surface area (Å²) < 4.78 is 17.2. The molecule has 0 radical (unpaired) electrons. The molecular formula is C29H23N3O3. The fourth-order valence-electron chi connectivity index (χ4n) is 4.63. The summed E-state index contributed by atoms with van der Waals surface area (Å²) in [5.41, 5.74) is 3.94. The maximum Gasteiger partial charge on any atom is 0.228 e. The first-order valence-corrected chi connectivity index (χ1v) is 11.3. The van der Waals surface area contributed by atoms with E-state index in [-0.39, 0.29) is 5.92 Å². The van der Waals surface area contributed by atoms with E-state index in [1.54, 1.807) is 14.2 Å². The van der Waals surface area contributed by atoms with Crippen LogP contribution >= 0.6 is 0 Å². The topological polar surface area (TPSA) is 65.5 Å². The van der Waals surface area contributed by atoms with Crippen LogP contribution in [0.4, 0.5) is 11.5 Å². The van der Waals surface area contributed by atoms with Crippen molar-refractivity contribution in [2.45, 2.75) is 5.92 Å². The molecule has 0 aliphatic carbocycles. The third-order valence-corrected chi connectivity index (χ3v) is 6.36. The molecule has 35 heavy (non-hydrogen) atoms. The van der Waals surface area contributed by atoms with Gasteiger partial charge >= 0.3 is 0 Å². The number of hydrogen-bond donors (Lipinski definition) is 1. The van der Waals surface area contributed by atoms with E-state index >= 15 is 0 Å². The van der Waals surface area contributed by atoms with Crippen LogP contribution in [-0.2, 0) is 0 Å². The molecule has 0 spiro atoms. The molecule has 0 bridgehead atoms. The summed E-state index contributed by atoms with van der Waals surface area (Å²) in [5.74, 6) is 3.53. The van der Waals surface area contributed by atoms with Crippen LogP contribution < -0.4 is 19.5 Å². The van der Waals surface area contributed by atoms with Gasteiger partial charge in [0.05, 0.1) is 19.8 Å². The highest BCUT2D eigenvalue weighted by Gasteiger charge is 2.34. The van der Waals surface area contributed by atoms with Crippen molar-refractivity contribution >= 4 is 22.3 Å². The number of ether oxygens (including phenoxy) is 3. The van der Waals surface area contributed by atoms with Crippen LogP contribution in [0.3, 0.4) is 0 Å². The Hall–Kier alpha value is -4.58. The Morgan fingerprint density at radius 2 is 1.49 bits per heavy atom. The number of nitrogens with zero attached hydrogens (tertiary/aromatic N) is 2. The third kappa shape index (κ3) is 3.69. The Morgan fingerprint density at radius 1 is 0.771 bits per heavy atom. The van der Waals surface area contributed by atoms with Gasteiger partial charge in [0.2, 0.25) is 5.88 Å². The maximum atomic E-state index is 6.47. The molecule has 5 aromatic rings. The smallest absolute Gasteiger partial charge is 0.228 e. The number of rotatable bonds is 5. The van der Waals surface area contributed by atoms with Crippen molar-refractivity contribution in [2.24, 2.45) is 0 Å². The van der Waals surface area contributed by atoms with Crippen LogP contribution in [0, 0.1) is 0 Å². The van der Waals surface area contributed by atoms with E-state index in [2.05, 4.69) is 51.7 Å². The first-order valence-electron chi connectivity index (χ1n) is 11.3. The highest BCUT2D eigenvalue weighted by molar-refractivity contribution is 5.91. The van der Waals surface area contributed by atoms with Crippen LogP contribution in [0.2, 0.25) is 0 Å². The monoisotopic (exact) mass is 461 g/mol. The fourth-order valence-corrected chi connectivity index (χ4v) is 4.63. The minimum absolute atomic E-state index is 0.133. The second-order valence-electron chi connectivity index (χ2n) is 8.31. The Balaban J connectivity index is 1.53. The molecule has 0 fully saturated rings. The van der Waals surface area contributed by atoms with E-state index in [4.69, 9.17) is 14.2 Å². The van der Waals surface area contributed by atoms with Crippen LogP contribution in [0.15, 0.2) is 91.3 Å². The molecule has 1 aliphatic rings. The number of methoxy groups -OCH3 is 2. The van der Waals surface area contributed by atoms with Crippen molar-refractivity contribution in [1.29, 1.82) is 0 Å². The number of hydrogen-bond acceptors (Lipinski definition) is 6. The molecule has 6 rings (SSSR count). The molecule has 1 atom stereocenters. The number of benzene rings is 4. The number of fused-ring (bicyclic) bond motifs is 4. The fraction of sp³-hybridized carbons (Fsp3) is 0.103. The van der Waals surface area contributed by atoms with Crippen molar-refractivity contribution in [2.75, 3.05) is 19.5 Å². The van der Waals surface area contributed by atoms with Gasteiger partial charge in [-0.2, -0.15) is 0 Å². The van der Waals surface area contributed by atoms with Crippen molar-refractivity contribution in [3.8, 4) is 23.1 Å². The molecule has 172 valence electrons. The molecule has 1 aromatic heterocycles. The standard InChI is InChI=1S/C29H23N3O3/c1-33-21-12-7-19(8-13-21)25-24-16-9-18-5-3-4-6-23(18)27(24)35-29-26(25)28(30-17-31-29)32-20-10-14-22(34-2)15-11-20/h3-17,25H,1-2H3,(H,30,31,32). The lowest BCUT2D eigenvalue weighted by molar-refractivity contribution is 0.414. The quantitative estimate of drug-likeness (QED) is 0.309. The van der Waals surface area contributed by atoms with E-state index in [1.165, 1.54) is 6.33 Å². The second-order valence-corrected chi connectivity index (χ2v) is 8.31. The van der Waals surface area contributed by atoms with Crippen LogP contribution in [0.5, 0.6) is 23.1 Å². The molecule has 0 saturated heterocycles. The lowest BCUT2D eigenvalue weighted by atomic mass is 9.82. The molecule has 6 nitrogen and oxygen atoms in total. The lowest BCUT2D eigenvalue weighted by Gasteiger charge is -2.30. The summed E-state index contributed by atoms with van der Waals surface area (Å²) >= 11 is 0. The molecule has 4 aromatic carbocycles. The van der Waals surface area contributed by atoms with Crippen molar-refractivity contribution < 1.29 is 14.2 Å². The summed E-state index contributed by atoms with van der Waals surface area (Å²) in [5, 5.41) is 5.63. The molecular weight excluding hydrogens is 438 g/mol. The zero-order chi connectivity index (χ0) is 23.8. The van der Waals surface area contributed by atoms with Gasteiger partial charge in [0.1, 0.15) is 29.4 Å². The van der Waals surface area contributed by atoms with Crippen molar-refractivity contribution in [1.82, 2.24) is 9.97 Å². The van der Waals surface area contributed by atoms with Gasteiger partial charge in [-0.25, -0.2) is 9.97 Å². The maximum absolute atomic E-state index is 6.47. The summed E-state index contributed by atoms with van der Waals surface area (Å²) in [6.07, 6.45) is 1.53. The average molecular weight is 462 g/mol. The molecule has 0 saturated carbocycles. The van der Waals surface area contributed by atoms with Gasteiger partial charge in [0.25, 0.3) is 0 Å². The first-order chi connectivity index (χ1) is 17.2. The molecule has 6 heteroatoms. The average Bonchev–Trinajstić information content (AvgIpc) is 2.92. The first kappa shape index (κ1) is 21.0. The van der Waals surface area contributed by atoms with E-state index < -0.39 is 0 Å². The summed E-state index contributed by atoms with van der Waals surface area (Å²) in [6, 6.07) is 28.4. The van der Waals surface area contributed by atoms with Gasteiger partial charge in [-0.15, -0.1) is 0 Å². The predicted octanol–water partition coefficient (Wildman–Crippen LogP) is 6.68. The summed E-state index contributed by atoms with van der Waals surface area (Å²) in [4.78, 5) is 9.16. The summed E-state index contributed by atoms with van der Waals surface area (Å²) in [7, 11) is 3.33. The van der Waals surface area contributed by atoms with E-state index in [9.17, 15) is 0 Å². The number of nitrogens with one attached hydrogen (secondary N) is 1. The van der Waals surface area contributed by atoms with Gasteiger partial charge in [-0.3, -0.25) is 0 Å². The van der Waals surface area contributed by atoms with E-state index in [0.29, 0.717) is 11.7 Å². The molecule has 2 heterocycles. The van der Waals surface area contributed by atoms with Gasteiger partial charge in [0.15, 0.2) is 0 Å². The molecule has 1 unspecified atom stereocenters. The highest BCUT2D eigenvalue weighted by Crippen LogP contribution is 2.51. The van der Waals surface area contributed by atoms with Gasteiger partial charge in [-0.1, -0.05) is 48.5 Å². The predicted molar refractivity (Wildman–Crippen MR) is 136 cm³/mol. The summed E-state index contributed by atoms with van der Waals surface area (Å²) in [6.45, 7) is 0. The second kappa shape index (κ2) is 8.65. The number of anilines is 2. The van der Waals surface area contributed by atoms with E-state index in [1.807, 2.05) is 48.5 Å². The number of aromatic nitrogens is 2. The van der Waals surface area contributed by atoms with E-state index in [0.717, 1.165) is 50.4 Å². The van der Waals surface area contributed by atoms with Crippen LogP contribution in [0.1, 0.15) is 22.6 Å². The van der Waals surface area contributed by atoms with Crippen LogP contribution in [0.25, 0.3) is 10.8 Å². The van der Waals surface area contributed by atoms with Gasteiger partial charge in [0, 0.05) is 22.6 Å². The molecule has 1 N–H and O–H groups in total. The SMILES string of the molecule is COc1ccc(Nc2ncnc3c2C(c2ccc(OC)cc2)c2ccc4ccccc4c2O3)cc1. The largest absolute Gasteiger partial charge is 0.497 e.